The van der Waals surface area contributed by atoms with Gasteiger partial charge in [-0.25, -0.2) is 0 Å². The van der Waals surface area contributed by atoms with Gasteiger partial charge in [0.25, 0.3) is 0 Å². The molecule has 65 heavy (non-hydrogen) atoms. The van der Waals surface area contributed by atoms with Gasteiger partial charge in [-0.3, -0.25) is 0 Å². The first-order chi connectivity index (χ1) is 32.0. The minimum absolute atomic E-state index is 0.170. The number of para-hydroxylation sites is 2. The summed E-state index contributed by atoms with van der Waals surface area (Å²) < 4.78 is 2.40. The number of hydrogen-bond donors (Lipinski definition) is 0. The lowest BCUT2D eigenvalue weighted by Crippen LogP contribution is -2.17. The van der Waals surface area contributed by atoms with E-state index >= 15 is 0 Å². The van der Waals surface area contributed by atoms with Gasteiger partial charge in [-0.15, -0.1) is 0 Å². The van der Waals surface area contributed by atoms with Crippen molar-refractivity contribution in [3.8, 4) is 61.3 Å². The van der Waals surface area contributed by atoms with Crippen molar-refractivity contribution < 1.29 is 0 Å². The molecule has 11 aromatic rings. The molecule has 0 N–H and O–H groups in total. The van der Waals surface area contributed by atoms with Crippen LogP contribution < -0.4 is 4.90 Å². The first-order valence-electron chi connectivity index (χ1n) is 22.6. The molecule has 1 aliphatic rings. The fourth-order valence-electron chi connectivity index (χ4n) is 10.5. The van der Waals surface area contributed by atoms with Crippen molar-refractivity contribution in [3.05, 3.63) is 254 Å². The molecule has 0 saturated carbocycles. The Balaban J connectivity index is 1.11. The molecule has 2 nitrogen and oxygen atoms in total. The predicted octanol–water partition coefficient (Wildman–Crippen LogP) is 17.2. The van der Waals surface area contributed by atoms with Crippen molar-refractivity contribution in [3.63, 3.8) is 0 Å². The van der Waals surface area contributed by atoms with Crippen LogP contribution in [-0.2, 0) is 5.41 Å². The maximum atomic E-state index is 2.51. The standard InChI is InChI=1S/C63H46N2/c1-63(2)57-33-16-14-29-52(57)53-39-37-49(42-58(53)63)64(60-35-19-32-51(44-22-8-4-9-23-44)62(60)56-31-13-12-28-50(56)43-20-6-3-7-21-43)48-27-18-24-45(40-48)46-36-38-55-54-30-15-17-34-59(54)65(61(55)41-46)47-25-10-5-11-26-47/h3-42H,1-2H3. The van der Waals surface area contributed by atoms with Gasteiger partial charge in [0.1, 0.15) is 0 Å². The second-order valence-corrected chi connectivity index (χ2v) is 17.7. The number of hydrogen-bond acceptors (Lipinski definition) is 1. The Kier molecular flexibility index (Phi) is 9.21. The van der Waals surface area contributed by atoms with Gasteiger partial charge in [-0.05, 0) is 116 Å². The average Bonchev–Trinajstić information content (AvgIpc) is 3.82. The van der Waals surface area contributed by atoms with Crippen LogP contribution in [0, 0.1) is 0 Å². The van der Waals surface area contributed by atoms with Crippen LogP contribution in [0.15, 0.2) is 243 Å². The number of rotatable bonds is 8. The van der Waals surface area contributed by atoms with Crippen LogP contribution in [0.3, 0.4) is 0 Å². The molecule has 0 saturated heterocycles. The van der Waals surface area contributed by atoms with Gasteiger partial charge in [0.2, 0.25) is 0 Å². The van der Waals surface area contributed by atoms with E-state index in [1.165, 1.54) is 77.4 Å². The lowest BCUT2D eigenvalue weighted by molar-refractivity contribution is 0.660. The Labute approximate surface area is 381 Å². The van der Waals surface area contributed by atoms with Crippen LogP contribution in [0.4, 0.5) is 17.1 Å². The monoisotopic (exact) mass is 830 g/mol. The molecule has 0 fully saturated rings. The van der Waals surface area contributed by atoms with Gasteiger partial charge >= 0.3 is 0 Å². The Morgan fingerprint density at radius 1 is 0.338 bits per heavy atom. The zero-order valence-electron chi connectivity index (χ0n) is 36.5. The zero-order chi connectivity index (χ0) is 43.5. The molecule has 1 heterocycles. The predicted molar refractivity (Wildman–Crippen MR) is 275 cm³/mol. The van der Waals surface area contributed by atoms with Crippen molar-refractivity contribution in [1.29, 1.82) is 0 Å². The minimum atomic E-state index is -0.170. The van der Waals surface area contributed by atoms with E-state index in [0.717, 1.165) is 33.9 Å². The molecule has 10 aromatic carbocycles. The fraction of sp³-hybridized carbons (Fsp3) is 0.0476. The van der Waals surface area contributed by atoms with E-state index in [4.69, 9.17) is 0 Å². The Morgan fingerprint density at radius 3 is 1.68 bits per heavy atom. The van der Waals surface area contributed by atoms with Crippen LogP contribution >= 0.6 is 0 Å². The van der Waals surface area contributed by atoms with E-state index in [9.17, 15) is 0 Å². The summed E-state index contributed by atoms with van der Waals surface area (Å²) >= 11 is 0. The highest BCUT2D eigenvalue weighted by molar-refractivity contribution is 6.10. The molecule has 0 unspecified atom stereocenters. The molecule has 1 aromatic heterocycles. The van der Waals surface area contributed by atoms with Crippen molar-refractivity contribution in [1.82, 2.24) is 4.57 Å². The highest BCUT2D eigenvalue weighted by Gasteiger charge is 2.36. The highest BCUT2D eigenvalue weighted by atomic mass is 15.1. The van der Waals surface area contributed by atoms with E-state index in [2.05, 4.69) is 266 Å². The molecular weight excluding hydrogens is 785 g/mol. The number of fused-ring (bicyclic) bond motifs is 6. The summed E-state index contributed by atoms with van der Waals surface area (Å²) in [6.07, 6.45) is 0. The normalized spacial score (nSPS) is 12.6. The van der Waals surface area contributed by atoms with Crippen molar-refractivity contribution in [2.45, 2.75) is 19.3 Å². The summed E-state index contributed by atoms with van der Waals surface area (Å²) in [6.45, 7) is 4.74. The van der Waals surface area contributed by atoms with Gasteiger partial charge in [0, 0.05) is 38.8 Å². The van der Waals surface area contributed by atoms with Crippen LogP contribution in [-0.4, -0.2) is 4.57 Å². The van der Waals surface area contributed by atoms with Gasteiger partial charge in [0.15, 0.2) is 0 Å². The molecule has 12 rings (SSSR count). The minimum Gasteiger partial charge on any atom is -0.310 e. The Bertz CT molecular complexity index is 3560. The quantitative estimate of drug-likeness (QED) is 0.148. The summed E-state index contributed by atoms with van der Waals surface area (Å²) in [5, 5.41) is 2.49. The summed E-state index contributed by atoms with van der Waals surface area (Å²) in [5.41, 5.74) is 21.4. The van der Waals surface area contributed by atoms with E-state index < -0.39 is 0 Å². The highest BCUT2D eigenvalue weighted by Crippen LogP contribution is 2.53. The lowest BCUT2D eigenvalue weighted by atomic mass is 9.82. The first-order valence-corrected chi connectivity index (χ1v) is 22.6. The molecule has 0 spiro atoms. The molecular formula is C63H46N2. The van der Waals surface area contributed by atoms with Gasteiger partial charge in [0.05, 0.1) is 16.7 Å². The first kappa shape index (κ1) is 38.5. The number of aromatic nitrogens is 1. The summed E-state index contributed by atoms with van der Waals surface area (Å²) in [5.74, 6) is 0. The third-order valence-electron chi connectivity index (χ3n) is 13.6. The lowest BCUT2D eigenvalue weighted by Gasteiger charge is -2.31. The number of benzene rings is 10. The van der Waals surface area contributed by atoms with E-state index in [1.807, 2.05) is 0 Å². The van der Waals surface area contributed by atoms with E-state index in [0.29, 0.717) is 0 Å². The van der Waals surface area contributed by atoms with Crippen molar-refractivity contribution in [2.24, 2.45) is 0 Å². The zero-order valence-corrected chi connectivity index (χ0v) is 36.5. The fourth-order valence-corrected chi connectivity index (χ4v) is 10.5. The summed E-state index contributed by atoms with van der Waals surface area (Å²) in [6, 6.07) is 89.0. The van der Waals surface area contributed by atoms with Crippen LogP contribution in [0.1, 0.15) is 25.0 Å². The van der Waals surface area contributed by atoms with Gasteiger partial charge < -0.3 is 9.47 Å². The second-order valence-electron chi connectivity index (χ2n) is 17.7. The Morgan fingerprint density at radius 2 is 0.892 bits per heavy atom. The molecule has 308 valence electrons. The van der Waals surface area contributed by atoms with Crippen LogP contribution in [0.25, 0.3) is 83.1 Å². The van der Waals surface area contributed by atoms with Crippen molar-refractivity contribution >= 4 is 38.9 Å². The van der Waals surface area contributed by atoms with Crippen molar-refractivity contribution in [2.75, 3.05) is 4.90 Å². The average molecular weight is 831 g/mol. The molecule has 0 radical (unpaired) electrons. The SMILES string of the molecule is CC1(C)c2ccccc2-c2ccc(N(c3cccc(-c4ccc5c6ccccc6n(-c6ccccc6)c5c4)c3)c3cccc(-c4ccccc4)c3-c3ccccc3-c3ccccc3)cc21. The van der Waals surface area contributed by atoms with Crippen LogP contribution in [0.5, 0.6) is 0 Å². The third-order valence-corrected chi connectivity index (χ3v) is 13.6. The van der Waals surface area contributed by atoms with Gasteiger partial charge in [-0.1, -0.05) is 202 Å². The molecule has 0 aliphatic heterocycles. The second kappa shape index (κ2) is 15.6. The molecule has 0 bridgehead atoms. The number of nitrogens with zero attached hydrogens (tertiary/aromatic N) is 2. The summed E-state index contributed by atoms with van der Waals surface area (Å²) in [7, 11) is 0. The topological polar surface area (TPSA) is 8.17 Å². The molecule has 1 aliphatic carbocycles. The maximum Gasteiger partial charge on any atom is 0.0547 e. The Hall–Kier alpha value is -8.20. The summed E-state index contributed by atoms with van der Waals surface area (Å²) in [4.78, 5) is 2.51. The number of anilines is 3. The van der Waals surface area contributed by atoms with E-state index in [-0.39, 0.29) is 5.41 Å². The molecule has 0 atom stereocenters. The van der Waals surface area contributed by atoms with Gasteiger partial charge in [-0.2, -0.15) is 0 Å². The molecule has 0 amide bonds. The molecule has 2 heteroatoms. The third kappa shape index (κ3) is 6.40. The largest absolute Gasteiger partial charge is 0.310 e. The maximum absolute atomic E-state index is 2.51. The smallest absolute Gasteiger partial charge is 0.0547 e. The van der Waals surface area contributed by atoms with Crippen LogP contribution in [0.2, 0.25) is 0 Å². The van der Waals surface area contributed by atoms with E-state index in [1.54, 1.807) is 0 Å².